The van der Waals surface area contributed by atoms with Gasteiger partial charge in [-0.15, -0.1) is 0 Å². The Bertz CT molecular complexity index is 395. The van der Waals surface area contributed by atoms with Gasteiger partial charge in [-0.25, -0.2) is 0 Å². The average Bonchev–Trinajstić information content (AvgIpc) is 2.65. The van der Waals surface area contributed by atoms with E-state index in [0.29, 0.717) is 18.4 Å². The number of ketones is 2. The molecule has 78 valence electrons. The normalized spacial score (nSPS) is 20.6. The minimum Gasteiger partial charge on any atom is -0.299 e. The van der Waals surface area contributed by atoms with E-state index in [0.717, 1.165) is 10.9 Å². The lowest BCUT2D eigenvalue weighted by Gasteiger charge is -2.06. The summed E-state index contributed by atoms with van der Waals surface area (Å²) in [5.41, 5.74) is 0.637. The van der Waals surface area contributed by atoms with E-state index in [-0.39, 0.29) is 17.5 Å². The first kappa shape index (κ1) is 10.6. The second kappa shape index (κ2) is 4.27. The molecular formula is C12H11BrO2. The zero-order valence-electron chi connectivity index (χ0n) is 8.20. The van der Waals surface area contributed by atoms with Gasteiger partial charge in [-0.3, -0.25) is 9.59 Å². The maximum atomic E-state index is 11.9. The van der Waals surface area contributed by atoms with E-state index in [2.05, 4.69) is 15.9 Å². The summed E-state index contributed by atoms with van der Waals surface area (Å²) in [5, 5.41) is 0. The largest absolute Gasteiger partial charge is 0.299 e. The van der Waals surface area contributed by atoms with Crippen molar-refractivity contribution in [2.75, 3.05) is 0 Å². The first-order valence-electron chi connectivity index (χ1n) is 5.01. The highest BCUT2D eigenvalue weighted by Crippen LogP contribution is 2.25. The van der Waals surface area contributed by atoms with Gasteiger partial charge >= 0.3 is 0 Å². The zero-order chi connectivity index (χ0) is 10.8. The van der Waals surface area contributed by atoms with Crippen LogP contribution in [0.4, 0.5) is 0 Å². The standard InChI is InChI=1S/C12H11BrO2/c13-9-6-4-8(5-7-9)12(15)10-2-1-3-11(10)14/h4-7,10H,1-3H2. The summed E-state index contributed by atoms with van der Waals surface area (Å²) in [5.74, 6) is -0.306. The molecule has 0 aromatic heterocycles. The van der Waals surface area contributed by atoms with Crippen LogP contribution < -0.4 is 0 Å². The number of benzene rings is 1. The van der Waals surface area contributed by atoms with E-state index in [1.807, 2.05) is 12.1 Å². The molecule has 0 saturated heterocycles. The van der Waals surface area contributed by atoms with E-state index in [4.69, 9.17) is 0 Å². The highest BCUT2D eigenvalue weighted by molar-refractivity contribution is 9.10. The molecule has 1 fully saturated rings. The molecule has 2 rings (SSSR count). The Morgan fingerprint density at radius 3 is 2.47 bits per heavy atom. The van der Waals surface area contributed by atoms with E-state index in [1.165, 1.54) is 0 Å². The van der Waals surface area contributed by atoms with Crippen LogP contribution in [0.1, 0.15) is 29.6 Å². The van der Waals surface area contributed by atoms with Gasteiger partial charge in [0.05, 0.1) is 5.92 Å². The van der Waals surface area contributed by atoms with Gasteiger partial charge in [0.2, 0.25) is 0 Å². The monoisotopic (exact) mass is 266 g/mol. The van der Waals surface area contributed by atoms with Crippen LogP contribution in [-0.4, -0.2) is 11.6 Å². The highest BCUT2D eigenvalue weighted by Gasteiger charge is 2.31. The van der Waals surface area contributed by atoms with Crippen molar-refractivity contribution in [3.8, 4) is 0 Å². The van der Waals surface area contributed by atoms with E-state index in [1.54, 1.807) is 12.1 Å². The van der Waals surface area contributed by atoms with Crippen LogP contribution in [0, 0.1) is 5.92 Å². The maximum absolute atomic E-state index is 11.9. The third kappa shape index (κ3) is 2.17. The molecule has 1 aromatic carbocycles. The molecule has 0 amide bonds. The van der Waals surface area contributed by atoms with Gasteiger partial charge in [-0.2, -0.15) is 0 Å². The Morgan fingerprint density at radius 2 is 1.93 bits per heavy atom. The van der Waals surface area contributed by atoms with Crippen molar-refractivity contribution in [2.45, 2.75) is 19.3 Å². The molecule has 2 nitrogen and oxygen atoms in total. The number of carbonyl (C=O) groups excluding carboxylic acids is 2. The minimum absolute atomic E-state index is 0.0231. The second-order valence-corrected chi connectivity index (χ2v) is 4.70. The van der Waals surface area contributed by atoms with Crippen LogP contribution in [0.25, 0.3) is 0 Å². The summed E-state index contributed by atoms with van der Waals surface area (Å²) in [4.78, 5) is 23.4. The summed E-state index contributed by atoms with van der Waals surface area (Å²) in [6.45, 7) is 0. The van der Waals surface area contributed by atoms with Gasteiger partial charge < -0.3 is 0 Å². The molecule has 1 saturated carbocycles. The van der Waals surface area contributed by atoms with Crippen molar-refractivity contribution in [3.05, 3.63) is 34.3 Å². The van der Waals surface area contributed by atoms with Gasteiger partial charge in [0, 0.05) is 16.5 Å². The second-order valence-electron chi connectivity index (χ2n) is 3.78. The van der Waals surface area contributed by atoms with Crippen molar-refractivity contribution in [1.82, 2.24) is 0 Å². The molecule has 0 heterocycles. The van der Waals surface area contributed by atoms with Crippen LogP contribution >= 0.6 is 15.9 Å². The predicted octanol–water partition coefficient (Wildman–Crippen LogP) is 3.00. The van der Waals surface area contributed by atoms with Gasteiger partial charge in [0.1, 0.15) is 5.78 Å². The molecule has 1 aliphatic rings. The van der Waals surface area contributed by atoms with Crippen LogP contribution in [-0.2, 0) is 4.79 Å². The summed E-state index contributed by atoms with van der Waals surface area (Å²) in [6.07, 6.45) is 2.13. The van der Waals surface area contributed by atoms with Gasteiger partial charge in [-0.1, -0.05) is 28.1 Å². The fourth-order valence-electron chi connectivity index (χ4n) is 1.91. The Labute approximate surface area is 96.8 Å². The fraction of sp³-hybridized carbons (Fsp3) is 0.333. The van der Waals surface area contributed by atoms with Crippen LogP contribution in [0.2, 0.25) is 0 Å². The number of hydrogen-bond acceptors (Lipinski definition) is 2. The van der Waals surface area contributed by atoms with Gasteiger partial charge in [0.25, 0.3) is 0 Å². The summed E-state index contributed by atoms with van der Waals surface area (Å²) >= 11 is 3.31. The lowest BCUT2D eigenvalue weighted by atomic mass is 9.96. The Balaban J connectivity index is 2.20. The van der Waals surface area contributed by atoms with E-state index < -0.39 is 0 Å². The molecule has 0 bridgehead atoms. The minimum atomic E-state index is -0.383. The topological polar surface area (TPSA) is 34.1 Å². The number of Topliss-reactive ketones (excluding diaryl/α,β-unsaturated/α-hetero) is 2. The van der Waals surface area contributed by atoms with Gasteiger partial charge in [-0.05, 0) is 25.0 Å². The SMILES string of the molecule is O=C1CCCC1C(=O)c1ccc(Br)cc1. The van der Waals surface area contributed by atoms with Crippen LogP contribution in [0.3, 0.4) is 0 Å². The van der Waals surface area contributed by atoms with Crippen LogP contribution in [0.5, 0.6) is 0 Å². The molecule has 1 aromatic rings. The van der Waals surface area contributed by atoms with Crippen molar-refractivity contribution in [1.29, 1.82) is 0 Å². The van der Waals surface area contributed by atoms with Crippen molar-refractivity contribution in [2.24, 2.45) is 5.92 Å². The molecule has 1 aliphatic carbocycles. The number of halogens is 1. The third-order valence-electron chi connectivity index (χ3n) is 2.75. The lowest BCUT2D eigenvalue weighted by molar-refractivity contribution is -0.119. The molecular weight excluding hydrogens is 256 g/mol. The summed E-state index contributed by atoms with van der Waals surface area (Å²) in [6, 6.07) is 7.18. The quantitative estimate of drug-likeness (QED) is 0.609. The zero-order valence-corrected chi connectivity index (χ0v) is 9.79. The van der Waals surface area contributed by atoms with E-state index in [9.17, 15) is 9.59 Å². The van der Waals surface area contributed by atoms with Crippen molar-refractivity contribution < 1.29 is 9.59 Å². The number of hydrogen-bond donors (Lipinski definition) is 0. The Morgan fingerprint density at radius 1 is 1.27 bits per heavy atom. The fourth-order valence-corrected chi connectivity index (χ4v) is 2.17. The molecule has 1 atom stereocenters. The number of carbonyl (C=O) groups is 2. The molecule has 0 aliphatic heterocycles. The van der Waals surface area contributed by atoms with Crippen LogP contribution in [0.15, 0.2) is 28.7 Å². The molecule has 1 unspecified atom stereocenters. The van der Waals surface area contributed by atoms with Gasteiger partial charge in [0.15, 0.2) is 5.78 Å². The Kier molecular flexibility index (Phi) is 3.00. The predicted molar refractivity (Wildman–Crippen MR) is 60.8 cm³/mol. The summed E-state index contributed by atoms with van der Waals surface area (Å²) < 4.78 is 0.941. The summed E-state index contributed by atoms with van der Waals surface area (Å²) in [7, 11) is 0. The molecule has 3 heteroatoms. The Hall–Kier alpha value is -0.960. The highest BCUT2D eigenvalue weighted by atomic mass is 79.9. The average molecular weight is 267 g/mol. The third-order valence-corrected chi connectivity index (χ3v) is 3.28. The first-order chi connectivity index (χ1) is 7.18. The molecule has 0 spiro atoms. The number of rotatable bonds is 2. The first-order valence-corrected chi connectivity index (χ1v) is 5.80. The lowest BCUT2D eigenvalue weighted by Crippen LogP contribution is -2.18. The maximum Gasteiger partial charge on any atom is 0.173 e. The van der Waals surface area contributed by atoms with Crippen molar-refractivity contribution >= 4 is 27.5 Å². The molecule has 15 heavy (non-hydrogen) atoms. The van der Waals surface area contributed by atoms with E-state index >= 15 is 0 Å². The molecule has 0 radical (unpaired) electrons. The van der Waals surface area contributed by atoms with Crippen molar-refractivity contribution in [3.63, 3.8) is 0 Å². The smallest absolute Gasteiger partial charge is 0.173 e. The molecule has 0 N–H and O–H groups in total.